The van der Waals surface area contributed by atoms with Gasteiger partial charge in [0.05, 0.1) is 38.1 Å². The average Bonchev–Trinajstić information content (AvgIpc) is 3.51. The average molecular weight is 408 g/mol. The molecule has 2 amide bonds. The molecule has 1 aromatic carbocycles. The molecule has 156 valence electrons. The van der Waals surface area contributed by atoms with E-state index in [9.17, 15) is 9.59 Å². The van der Waals surface area contributed by atoms with Gasteiger partial charge in [0.2, 0.25) is 11.8 Å². The number of ether oxygens (including phenoxy) is 2. The van der Waals surface area contributed by atoms with Crippen LogP contribution in [0.4, 0.5) is 0 Å². The van der Waals surface area contributed by atoms with Crippen molar-refractivity contribution in [1.82, 2.24) is 19.8 Å². The summed E-state index contributed by atoms with van der Waals surface area (Å²) >= 11 is 0. The Morgan fingerprint density at radius 3 is 3.10 bits per heavy atom. The van der Waals surface area contributed by atoms with Gasteiger partial charge < -0.3 is 24.3 Å². The third kappa shape index (κ3) is 2.90. The van der Waals surface area contributed by atoms with Crippen molar-refractivity contribution in [2.45, 2.75) is 24.8 Å². The van der Waals surface area contributed by atoms with Crippen LogP contribution in [0.5, 0.6) is 5.75 Å². The Morgan fingerprint density at radius 1 is 1.47 bits per heavy atom. The molecule has 1 N–H and O–H groups in total. The summed E-state index contributed by atoms with van der Waals surface area (Å²) in [6.45, 7) is 1.27. The highest BCUT2D eigenvalue weighted by molar-refractivity contribution is 5.93. The first-order chi connectivity index (χ1) is 14.5. The fourth-order valence-electron chi connectivity index (χ4n) is 4.93. The number of hydrogen-bond acceptors (Lipinski definition) is 5. The van der Waals surface area contributed by atoms with Crippen molar-refractivity contribution < 1.29 is 19.1 Å². The van der Waals surface area contributed by atoms with E-state index in [-0.39, 0.29) is 17.9 Å². The lowest BCUT2D eigenvalue weighted by atomic mass is 9.76. The molecule has 4 heterocycles. The number of likely N-dealkylation sites (tertiary alicyclic amines) is 1. The fraction of sp³-hybridized carbons (Fsp3) is 0.409. The van der Waals surface area contributed by atoms with Gasteiger partial charge >= 0.3 is 0 Å². The first-order valence-electron chi connectivity index (χ1n) is 10.0. The van der Waals surface area contributed by atoms with Crippen LogP contribution in [-0.4, -0.2) is 64.0 Å². The topological polar surface area (TPSA) is 87.8 Å². The molecule has 2 saturated heterocycles. The number of carbonyl (C=O) groups excluding carboxylic acids is 2. The van der Waals surface area contributed by atoms with Gasteiger partial charge in [-0.25, -0.2) is 4.98 Å². The molecule has 0 radical (unpaired) electrons. The molecule has 2 fully saturated rings. The van der Waals surface area contributed by atoms with Crippen molar-refractivity contribution in [1.29, 1.82) is 0 Å². The van der Waals surface area contributed by atoms with E-state index in [1.165, 1.54) is 0 Å². The number of benzene rings is 1. The maximum absolute atomic E-state index is 13.4. The number of fused-ring (bicyclic) bond motifs is 1. The number of H-pyrrole nitrogens is 1. The first kappa shape index (κ1) is 18.9. The summed E-state index contributed by atoms with van der Waals surface area (Å²) in [5.41, 5.74) is 0.266. The second-order valence-corrected chi connectivity index (χ2v) is 8.18. The van der Waals surface area contributed by atoms with Crippen molar-refractivity contribution in [3.05, 3.63) is 60.2 Å². The molecule has 30 heavy (non-hydrogen) atoms. The van der Waals surface area contributed by atoms with Crippen molar-refractivity contribution in [2.24, 2.45) is 11.8 Å². The molecule has 0 unspecified atom stereocenters. The van der Waals surface area contributed by atoms with Crippen LogP contribution in [-0.2, 0) is 27.4 Å². The van der Waals surface area contributed by atoms with Crippen LogP contribution in [0.3, 0.4) is 0 Å². The highest BCUT2D eigenvalue weighted by Crippen LogP contribution is 2.52. The van der Waals surface area contributed by atoms with E-state index in [0.29, 0.717) is 25.5 Å². The van der Waals surface area contributed by atoms with Crippen LogP contribution < -0.4 is 4.74 Å². The molecule has 0 aliphatic carbocycles. The van der Waals surface area contributed by atoms with Crippen LogP contribution in [0.2, 0.25) is 0 Å². The molecule has 0 saturated carbocycles. The predicted molar refractivity (Wildman–Crippen MR) is 107 cm³/mol. The third-order valence-electron chi connectivity index (χ3n) is 6.29. The van der Waals surface area contributed by atoms with E-state index >= 15 is 0 Å². The zero-order chi connectivity index (χ0) is 20.9. The van der Waals surface area contributed by atoms with E-state index in [4.69, 9.17) is 9.47 Å². The zero-order valence-electron chi connectivity index (χ0n) is 16.9. The molecule has 1 spiro atoms. The zero-order valence-corrected chi connectivity index (χ0v) is 16.9. The Hall–Kier alpha value is -3.13. The van der Waals surface area contributed by atoms with Crippen LogP contribution >= 0.6 is 0 Å². The maximum atomic E-state index is 13.4. The van der Waals surface area contributed by atoms with Crippen molar-refractivity contribution in [3.63, 3.8) is 0 Å². The van der Waals surface area contributed by atoms with Crippen molar-refractivity contribution >= 4 is 11.8 Å². The van der Waals surface area contributed by atoms with E-state index in [0.717, 1.165) is 11.3 Å². The van der Waals surface area contributed by atoms with E-state index in [1.807, 2.05) is 36.4 Å². The molecule has 8 nitrogen and oxygen atoms in total. The number of amides is 2. The van der Waals surface area contributed by atoms with Gasteiger partial charge in [0.25, 0.3) is 0 Å². The Morgan fingerprint density at radius 2 is 2.33 bits per heavy atom. The summed E-state index contributed by atoms with van der Waals surface area (Å²) in [4.78, 5) is 37.3. The molecular formula is C22H24N4O4. The normalized spacial score (nSPS) is 28.8. The molecule has 1 aromatic heterocycles. The Balaban J connectivity index is 1.36. The van der Waals surface area contributed by atoms with E-state index in [2.05, 4.69) is 9.97 Å². The molecule has 2 bridgehead atoms. The molecular weight excluding hydrogens is 384 g/mol. The number of methoxy groups -OCH3 is 1. The summed E-state index contributed by atoms with van der Waals surface area (Å²) in [5, 5.41) is 0. The minimum Gasteiger partial charge on any atom is -0.497 e. The lowest BCUT2D eigenvalue weighted by Gasteiger charge is -2.27. The standard InChI is InChI=1S/C22H24N4O4/c1-25(12-17-23-8-9-24-17)20(27)18-16-6-7-22(30-16)13-26(21(28)19(18)22)11-14-4-3-5-15(10-14)29-2/h3-10,16,18-19H,11-13H2,1-2H3,(H,23,24)/t16-,18-,19-,22-/m0/s1. The maximum Gasteiger partial charge on any atom is 0.230 e. The van der Waals surface area contributed by atoms with Gasteiger partial charge in [0.15, 0.2) is 0 Å². The van der Waals surface area contributed by atoms with Gasteiger partial charge in [0, 0.05) is 26.0 Å². The highest BCUT2D eigenvalue weighted by Gasteiger charge is 2.67. The van der Waals surface area contributed by atoms with Gasteiger partial charge in [-0.2, -0.15) is 0 Å². The number of hydrogen-bond donors (Lipinski definition) is 1. The molecule has 5 rings (SSSR count). The number of imidazole rings is 1. The largest absolute Gasteiger partial charge is 0.497 e. The van der Waals surface area contributed by atoms with Crippen LogP contribution in [0, 0.1) is 11.8 Å². The minimum atomic E-state index is -0.716. The van der Waals surface area contributed by atoms with Crippen LogP contribution in [0.25, 0.3) is 0 Å². The smallest absolute Gasteiger partial charge is 0.230 e. The first-order valence-corrected chi connectivity index (χ1v) is 10.0. The van der Waals surface area contributed by atoms with E-state index < -0.39 is 17.4 Å². The summed E-state index contributed by atoms with van der Waals surface area (Å²) in [6, 6.07) is 7.67. The predicted octanol–water partition coefficient (Wildman–Crippen LogP) is 1.36. The van der Waals surface area contributed by atoms with E-state index in [1.54, 1.807) is 36.4 Å². The lowest BCUT2D eigenvalue weighted by Crippen LogP contribution is -2.44. The minimum absolute atomic E-state index is 0.0329. The number of carbonyl (C=O) groups is 2. The number of nitrogens with zero attached hydrogens (tertiary/aromatic N) is 3. The van der Waals surface area contributed by atoms with Crippen LogP contribution in [0.1, 0.15) is 11.4 Å². The Kier molecular flexibility index (Phi) is 4.39. The summed E-state index contributed by atoms with van der Waals surface area (Å²) in [5.74, 6) is 0.320. The lowest BCUT2D eigenvalue weighted by molar-refractivity contribution is -0.143. The Bertz CT molecular complexity index is 1000. The SMILES string of the molecule is COc1cccc(CN2C[C@]34C=C[C@H](O3)[C@H](C(=O)N(C)Cc3ncc[nH]3)[C@H]4C2=O)c1. The number of aromatic amines is 1. The molecule has 8 heteroatoms. The van der Waals surface area contributed by atoms with Gasteiger partial charge in [-0.15, -0.1) is 0 Å². The summed E-state index contributed by atoms with van der Waals surface area (Å²) in [6.07, 6.45) is 6.93. The van der Waals surface area contributed by atoms with Crippen LogP contribution in [0.15, 0.2) is 48.8 Å². The van der Waals surface area contributed by atoms with Crippen molar-refractivity contribution in [2.75, 3.05) is 20.7 Å². The quantitative estimate of drug-likeness (QED) is 0.730. The summed E-state index contributed by atoms with van der Waals surface area (Å²) < 4.78 is 11.5. The molecule has 3 aliphatic rings. The highest BCUT2D eigenvalue weighted by atomic mass is 16.5. The number of rotatable bonds is 6. The third-order valence-corrected chi connectivity index (χ3v) is 6.29. The second kappa shape index (κ2) is 6.98. The molecule has 4 atom stereocenters. The summed E-state index contributed by atoms with van der Waals surface area (Å²) in [7, 11) is 3.36. The molecule has 2 aromatic rings. The number of nitrogens with one attached hydrogen (secondary N) is 1. The van der Waals surface area contributed by atoms with Gasteiger partial charge in [-0.1, -0.05) is 24.3 Å². The van der Waals surface area contributed by atoms with Gasteiger partial charge in [0.1, 0.15) is 17.2 Å². The van der Waals surface area contributed by atoms with Gasteiger partial charge in [-0.3, -0.25) is 9.59 Å². The molecule has 3 aliphatic heterocycles. The van der Waals surface area contributed by atoms with Crippen molar-refractivity contribution in [3.8, 4) is 5.75 Å². The number of aromatic nitrogens is 2. The van der Waals surface area contributed by atoms with Gasteiger partial charge in [-0.05, 0) is 17.7 Å². The second-order valence-electron chi connectivity index (χ2n) is 8.18. The fourth-order valence-corrected chi connectivity index (χ4v) is 4.93. The monoisotopic (exact) mass is 408 g/mol. The Labute approximate surface area is 174 Å².